The summed E-state index contributed by atoms with van der Waals surface area (Å²) in [4.78, 5) is 24.8. The molecule has 0 radical (unpaired) electrons. The molecule has 2 amide bonds. The fraction of sp³-hybridized carbons (Fsp3) is 0.364. The Bertz CT molecular complexity index is 1020. The highest BCUT2D eigenvalue weighted by atomic mass is 32.2. The van der Waals surface area contributed by atoms with E-state index in [2.05, 4.69) is 15.4 Å². The van der Waals surface area contributed by atoms with Gasteiger partial charge in [-0.25, -0.2) is 13.1 Å². The van der Waals surface area contributed by atoms with Gasteiger partial charge in [0.05, 0.1) is 4.90 Å². The lowest BCUT2D eigenvalue weighted by atomic mass is 9.95. The molecule has 2 rings (SSSR count). The summed E-state index contributed by atoms with van der Waals surface area (Å²) in [6, 6.07) is 12.9. The molecule has 7 nitrogen and oxygen atoms in total. The summed E-state index contributed by atoms with van der Waals surface area (Å²) in [7, 11) is -3.60. The number of hydrogen-bond donors (Lipinski definition) is 3. The molecule has 0 unspecified atom stereocenters. The summed E-state index contributed by atoms with van der Waals surface area (Å²) in [6.45, 7) is 9.10. The van der Waals surface area contributed by atoms with Gasteiger partial charge in [-0.2, -0.15) is 0 Å². The van der Waals surface area contributed by atoms with Crippen molar-refractivity contribution < 1.29 is 18.0 Å². The zero-order chi connectivity index (χ0) is 22.5. The highest BCUT2D eigenvalue weighted by Crippen LogP contribution is 2.18. The zero-order valence-corrected chi connectivity index (χ0v) is 18.8. The van der Waals surface area contributed by atoms with Crippen LogP contribution in [0.2, 0.25) is 0 Å². The van der Waals surface area contributed by atoms with Gasteiger partial charge < -0.3 is 10.6 Å². The molecule has 0 atom stereocenters. The van der Waals surface area contributed by atoms with Crippen LogP contribution in [0.5, 0.6) is 0 Å². The van der Waals surface area contributed by atoms with Crippen molar-refractivity contribution in [2.24, 2.45) is 5.41 Å². The summed E-state index contributed by atoms with van der Waals surface area (Å²) >= 11 is 0. The number of hydrogen-bond acceptors (Lipinski definition) is 4. The van der Waals surface area contributed by atoms with Crippen molar-refractivity contribution in [2.75, 3.05) is 5.32 Å². The van der Waals surface area contributed by atoms with Gasteiger partial charge in [0, 0.05) is 29.3 Å². The maximum Gasteiger partial charge on any atom is 0.251 e. The standard InChI is InChI=1S/C22H29N3O4S/c1-15(2)25-30(28,29)19-11-6-8-16(12-19)14-23-20(26)17-9-7-10-18(13-17)24-21(27)22(3,4)5/h6-13,15,25H,14H2,1-5H3,(H,23,26)(H,24,27). The highest BCUT2D eigenvalue weighted by molar-refractivity contribution is 7.89. The van der Waals surface area contributed by atoms with Crippen molar-refractivity contribution in [3.63, 3.8) is 0 Å². The predicted molar refractivity (Wildman–Crippen MR) is 118 cm³/mol. The van der Waals surface area contributed by atoms with E-state index in [1.165, 1.54) is 12.1 Å². The van der Waals surface area contributed by atoms with Gasteiger partial charge in [0.15, 0.2) is 0 Å². The van der Waals surface area contributed by atoms with Gasteiger partial charge in [-0.1, -0.05) is 39.0 Å². The van der Waals surface area contributed by atoms with Gasteiger partial charge in [-0.3, -0.25) is 9.59 Å². The molecule has 0 heterocycles. The van der Waals surface area contributed by atoms with Crippen LogP contribution < -0.4 is 15.4 Å². The topological polar surface area (TPSA) is 104 Å². The Morgan fingerprint density at radius 2 is 1.67 bits per heavy atom. The van der Waals surface area contributed by atoms with Crippen LogP contribution in [0, 0.1) is 5.41 Å². The molecular weight excluding hydrogens is 402 g/mol. The second-order valence-corrected chi connectivity index (χ2v) is 10.1. The lowest BCUT2D eigenvalue weighted by molar-refractivity contribution is -0.123. The van der Waals surface area contributed by atoms with E-state index in [1.807, 2.05) is 20.8 Å². The molecule has 2 aromatic rings. The molecule has 3 N–H and O–H groups in total. The number of anilines is 1. The van der Waals surface area contributed by atoms with E-state index < -0.39 is 15.4 Å². The Hall–Kier alpha value is -2.71. The lowest BCUT2D eigenvalue weighted by Gasteiger charge is -2.18. The average Bonchev–Trinajstić information content (AvgIpc) is 2.65. The van der Waals surface area contributed by atoms with Crippen LogP contribution >= 0.6 is 0 Å². The van der Waals surface area contributed by atoms with Crippen LogP contribution in [-0.4, -0.2) is 26.3 Å². The first-order valence-corrected chi connectivity index (χ1v) is 11.2. The first-order chi connectivity index (χ1) is 13.9. The number of nitrogens with one attached hydrogen (secondary N) is 3. The Labute approximate surface area is 178 Å². The number of rotatable bonds is 7. The second-order valence-electron chi connectivity index (χ2n) is 8.39. The zero-order valence-electron chi connectivity index (χ0n) is 17.9. The Morgan fingerprint density at radius 3 is 2.30 bits per heavy atom. The predicted octanol–water partition coefficient (Wildman–Crippen LogP) is 3.29. The van der Waals surface area contributed by atoms with E-state index in [1.54, 1.807) is 50.2 Å². The number of carbonyl (C=O) groups excluding carboxylic acids is 2. The van der Waals surface area contributed by atoms with Crippen molar-refractivity contribution in [3.8, 4) is 0 Å². The van der Waals surface area contributed by atoms with E-state index in [-0.39, 0.29) is 29.3 Å². The molecule has 0 saturated heterocycles. The van der Waals surface area contributed by atoms with Gasteiger partial charge in [0.2, 0.25) is 15.9 Å². The number of sulfonamides is 1. The SMILES string of the molecule is CC(C)NS(=O)(=O)c1cccc(CNC(=O)c2cccc(NC(=O)C(C)(C)C)c2)c1. The van der Waals surface area contributed by atoms with E-state index in [0.717, 1.165) is 0 Å². The molecule has 0 bridgehead atoms. The number of amides is 2. The van der Waals surface area contributed by atoms with Gasteiger partial charge in [0.25, 0.3) is 5.91 Å². The first-order valence-electron chi connectivity index (χ1n) is 9.69. The maximum atomic E-state index is 12.5. The number of benzene rings is 2. The average molecular weight is 432 g/mol. The fourth-order valence-corrected chi connectivity index (χ4v) is 3.86. The molecule has 0 aliphatic rings. The smallest absolute Gasteiger partial charge is 0.251 e. The van der Waals surface area contributed by atoms with E-state index in [0.29, 0.717) is 16.8 Å². The summed E-state index contributed by atoms with van der Waals surface area (Å²) < 4.78 is 27.2. The van der Waals surface area contributed by atoms with Gasteiger partial charge in [-0.15, -0.1) is 0 Å². The summed E-state index contributed by atoms with van der Waals surface area (Å²) in [5.74, 6) is -0.469. The van der Waals surface area contributed by atoms with Gasteiger partial charge in [0.1, 0.15) is 0 Å². The molecule has 0 spiro atoms. The third kappa shape index (κ3) is 6.67. The molecule has 0 saturated carbocycles. The molecule has 0 aromatic heterocycles. The Kier molecular flexibility index (Phi) is 7.39. The third-order valence-electron chi connectivity index (χ3n) is 4.12. The van der Waals surface area contributed by atoms with Crippen LogP contribution in [0.15, 0.2) is 53.4 Å². The minimum atomic E-state index is -3.60. The van der Waals surface area contributed by atoms with Gasteiger partial charge in [-0.05, 0) is 49.7 Å². The Morgan fingerprint density at radius 1 is 1.00 bits per heavy atom. The van der Waals surface area contributed by atoms with Crippen molar-refractivity contribution in [1.82, 2.24) is 10.0 Å². The highest BCUT2D eigenvalue weighted by Gasteiger charge is 2.21. The van der Waals surface area contributed by atoms with E-state index in [4.69, 9.17) is 0 Å². The van der Waals surface area contributed by atoms with E-state index >= 15 is 0 Å². The molecule has 2 aromatic carbocycles. The molecule has 0 aliphatic heterocycles. The lowest BCUT2D eigenvalue weighted by Crippen LogP contribution is -2.30. The first kappa shape index (κ1) is 23.6. The van der Waals surface area contributed by atoms with Crippen molar-refractivity contribution in [3.05, 3.63) is 59.7 Å². The van der Waals surface area contributed by atoms with Crippen LogP contribution in [-0.2, 0) is 21.4 Å². The summed E-state index contributed by atoms with van der Waals surface area (Å²) in [6.07, 6.45) is 0. The van der Waals surface area contributed by atoms with Gasteiger partial charge >= 0.3 is 0 Å². The molecular formula is C22H29N3O4S. The fourth-order valence-electron chi connectivity index (χ4n) is 2.54. The Balaban J connectivity index is 2.07. The van der Waals surface area contributed by atoms with Crippen molar-refractivity contribution >= 4 is 27.5 Å². The van der Waals surface area contributed by atoms with Crippen molar-refractivity contribution in [1.29, 1.82) is 0 Å². The summed E-state index contributed by atoms with van der Waals surface area (Å²) in [5.41, 5.74) is 1.04. The molecule has 0 aliphatic carbocycles. The van der Waals surface area contributed by atoms with Crippen LogP contribution in [0.1, 0.15) is 50.5 Å². The largest absolute Gasteiger partial charge is 0.348 e. The van der Waals surface area contributed by atoms with Crippen molar-refractivity contribution in [2.45, 2.75) is 52.1 Å². The minimum Gasteiger partial charge on any atom is -0.348 e. The van der Waals surface area contributed by atoms with Crippen LogP contribution in [0.3, 0.4) is 0 Å². The van der Waals surface area contributed by atoms with E-state index in [9.17, 15) is 18.0 Å². The third-order valence-corrected chi connectivity index (χ3v) is 5.77. The van der Waals surface area contributed by atoms with Crippen LogP contribution in [0.4, 0.5) is 5.69 Å². The van der Waals surface area contributed by atoms with Crippen LogP contribution in [0.25, 0.3) is 0 Å². The normalized spacial score (nSPS) is 11.9. The monoisotopic (exact) mass is 431 g/mol. The maximum absolute atomic E-state index is 12.5. The molecule has 162 valence electrons. The number of carbonyl (C=O) groups is 2. The molecule has 8 heteroatoms. The molecule has 30 heavy (non-hydrogen) atoms. The minimum absolute atomic E-state index is 0.145. The quantitative estimate of drug-likeness (QED) is 0.626. The summed E-state index contributed by atoms with van der Waals surface area (Å²) in [5, 5.41) is 5.58. The second kappa shape index (κ2) is 9.40. The molecule has 0 fully saturated rings.